The molecule has 2 atom stereocenters. The van der Waals surface area contributed by atoms with Crippen molar-refractivity contribution >= 4 is 52.1 Å². The molecule has 1 saturated heterocycles. The normalized spacial score (nSPS) is 16.4. The molecule has 0 spiro atoms. The van der Waals surface area contributed by atoms with E-state index in [1.54, 1.807) is 56.0 Å². The van der Waals surface area contributed by atoms with Crippen LogP contribution in [-0.4, -0.2) is 57.5 Å². The molecule has 11 heteroatoms. The molecule has 1 fully saturated rings. The van der Waals surface area contributed by atoms with Gasteiger partial charge in [0.05, 0.1) is 27.7 Å². The zero-order valence-electron chi connectivity index (χ0n) is 21.7. The van der Waals surface area contributed by atoms with Gasteiger partial charge in [-0.15, -0.1) is 0 Å². The molecule has 1 aliphatic heterocycles. The number of nitrogens with zero attached hydrogens (tertiary/aromatic N) is 2. The zero-order valence-corrected chi connectivity index (χ0v) is 23.2. The van der Waals surface area contributed by atoms with Gasteiger partial charge in [-0.25, -0.2) is 9.78 Å². The smallest absolute Gasteiger partial charge is 0.407 e. The van der Waals surface area contributed by atoms with Crippen molar-refractivity contribution in [3.63, 3.8) is 0 Å². The Morgan fingerprint density at radius 1 is 1.18 bits per heavy atom. The summed E-state index contributed by atoms with van der Waals surface area (Å²) < 4.78 is 5.28. The summed E-state index contributed by atoms with van der Waals surface area (Å²) in [4.78, 5) is 47.6. The fourth-order valence-electron chi connectivity index (χ4n) is 4.37. The summed E-state index contributed by atoms with van der Waals surface area (Å²) >= 11 is 12.5. The minimum Gasteiger partial charge on any atom is -0.444 e. The molecule has 2 heterocycles. The summed E-state index contributed by atoms with van der Waals surface area (Å²) in [5.74, 6) is -0.00386. The molecular formula is C27H31Cl2N5O4. The van der Waals surface area contributed by atoms with Crippen LogP contribution in [0.2, 0.25) is 10.0 Å². The maximum Gasteiger partial charge on any atom is 0.407 e. The SMILES string of the molecule is C[C@H](NC(=O)c1ccc(C(=O)N2CCCC2CNC(=O)OC(C)(C)C)c(Cl)c1)c1nc2ccc(Cl)cc2[nH]1. The maximum atomic E-state index is 13.3. The molecule has 202 valence electrons. The number of amides is 3. The largest absolute Gasteiger partial charge is 0.444 e. The second-order valence-electron chi connectivity index (χ2n) is 10.4. The lowest BCUT2D eigenvalue weighted by Crippen LogP contribution is -2.44. The van der Waals surface area contributed by atoms with E-state index in [1.165, 1.54) is 6.07 Å². The van der Waals surface area contributed by atoms with Crippen molar-refractivity contribution in [1.82, 2.24) is 25.5 Å². The van der Waals surface area contributed by atoms with Crippen LogP contribution in [-0.2, 0) is 4.74 Å². The lowest BCUT2D eigenvalue weighted by atomic mass is 10.1. The van der Waals surface area contributed by atoms with E-state index in [4.69, 9.17) is 27.9 Å². The molecule has 38 heavy (non-hydrogen) atoms. The first-order valence-electron chi connectivity index (χ1n) is 12.4. The number of alkyl carbamates (subject to hydrolysis) is 1. The number of benzene rings is 2. The zero-order chi connectivity index (χ0) is 27.6. The van der Waals surface area contributed by atoms with E-state index in [2.05, 4.69) is 20.6 Å². The van der Waals surface area contributed by atoms with Crippen molar-refractivity contribution < 1.29 is 19.1 Å². The number of carbonyl (C=O) groups excluding carboxylic acids is 3. The van der Waals surface area contributed by atoms with Gasteiger partial charge < -0.3 is 25.3 Å². The van der Waals surface area contributed by atoms with Crippen molar-refractivity contribution in [3.05, 3.63) is 63.4 Å². The Bertz CT molecular complexity index is 1370. The molecule has 0 saturated carbocycles. The quantitative estimate of drug-likeness (QED) is 0.369. The molecule has 1 aliphatic rings. The van der Waals surface area contributed by atoms with Gasteiger partial charge in [-0.2, -0.15) is 0 Å². The number of aromatic nitrogens is 2. The summed E-state index contributed by atoms with van der Waals surface area (Å²) in [6.07, 6.45) is 1.05. The predicted octanol–water partition coefficient (Wildman–Crippen LogP) is 5.49. The topological polar surface area (TPSA) is 116 Å². The molecule has 3 amide bonds. The number of imidazole rings is 1. The number of nitrogens with one attached hydrogen (secondary N) is 3. The monoisotopic (exact) mass is 559 g/mol. The highest BCUT2D eigenvalue weighted by atomic mass is 35.5. The van der Waals surface area contributed by atoms with Crippen molar-refractivity contribution in [2.45, 2.75) is 58.2 Å². The molecule has 3 aromatic rings. The van der Waals surface area contributed by atoms with Crippen LogP contribution in [0.5, 0.6) is 0 Å². The van der Waals surface area contributed by atoms with E-state index in [9.17, 15) is 14.4 Å². The molecule has 1 unspecified atom stereocenters. The van der Waals surface area contributed by atoms with E-state index < -0.39 is 17.7 Å². The minimum absolute atomic E-state index is 0.173. The van der Waals surface area contributed by atoms with Gasteiger partial charge in [0.15, 0.2) is 0 Å². The molecule has 9 nitrogen and oxygen atoms in total. The lowest BCUT2D eigenvalue weighted by Gasteiger charge is -2.26. The minimum atomic E-state index is -0.602. The van der Waals surface area contributed by atoms with Gasteiger partial charge >= 0.3 is 6.09 Å². The average Bonchev–Trinajstić information content (AvgIpc) is 3.48. The number of carbonyl (C=O) groups is 3. The third kappa shape index (κ3) is 6.57. The van der Waals surface area contributed by atoms with Crippen LogP contribution >= 0.6 is 23.2 Å². The number of ether oxygens (including phenoxy) is 1. The van der Waals surface area contributed by atoms with Crippen LogP contribution in [0.4, 0.5) is 4.79 Å². The number of hydrogen-bond acceptors (Lipinski definition) is 5. The van der Waals surface area contributed by atoms with Crippen LogP contribution < -0.4 is 10.6 Å². The van der Waals surface area contributed by atoms with Gasteiger partial charge in [0.25, 0.3) is 11.8 Å². The lowest BCUT2D eigenvalue weighted by molar-refractivity contribution is 0.0501. The molecule has 2 aromatic carbocycles. The summed E-state index contributed by atoms with van der Waals surface area (Å²) in [5, 5.41) is 6.41. The predicted molar refractivity (Wildman–Crippen MR) is 147 cm³/mol. The van der Waals surface area contributed by atoms with Crippen LogP contribution in [0.3, 0.4) is 0 Å². The highest BCUT2D eigenvalue weighted by Crippen LogP contribution is 2.26. The summed E-state index contributed by atoms with van der Waals surface area (Å²) in [7, 11) is 0. The van der Waals surface area contributed by atoms with Crippen LogP contribution in [0.25, 0.3) is 11.0 Å². The van der Waals surface area contributed by atoms with Gasteiger partial charge in [0.2, 0.25) is 0 Å². The molecule has 0 radical (unpaired) electrons. The number of likely N-dealkylation sites (tertiary alicyclic amines) is 1. The number of aromatic amines is 1. The van der Waals surface area contributed by atoms with Crippen LogP contribution in [0, 0.1) is 0 Å². The molecule has 0 bridgehead atoms. The summed E-state index contributed by atoms with van der Waals surface area (Å²) in [6, 6.07) is 9.37. The molecule has 0 aliphatic carbocycles. The number of rotatable bonds is 6. The first-order valence-corrected chi connectivity index (χ1v) is 13.2. The Kier molecular flexibility index (Phi) is 8.18. The Morgan fingerprint density at radius 3 is 2.66 bits per heavy atom. The standard InChI is InChI=1S/C27H31Cl2N5O4/c1-15(23-32-21-10-8-17(28)13-22(21)33-23)31-24(35)16-7-9-19(20(29)12-16)25(36)34-11-5-6-18(34)14-30-26(37)38-27(2,3)4/h7-10,12-13,15,18H,5-6,11,14H2,1-4H3,(H,30,37)(H,31,35)(H,32,33)/t15-,18?/m0/s1. The summed E-state index contributed by atoms with van der Waals surface area (Å²) in [5.41, 5.74) is 1.55. The van der Waals surface area contributed by atoms with Crippen molar-refractivity contribution in [1.29, 1.82) is 0 Å². The van der Waals surface area contributed by atoms with Crippen LogP contribution in [0.1, 0.15) is 73.1 Å². The fourth-order valence-corrected chi connectivity index (χ4v) is 4.80. The van der Waals surface area contributed by atoms with E-state index in [1.807, 2.05) is 6.92 Å². The van der Waals surface area contributed by atoms with Crippen molar-refractivity contribution in [2.75, 3.05) is 13.1 Å². The van der Waals surface area contributed by atoms with Gasteiger partial charge in [-0.05, 0) is 76.9 Å². The number of halogens is 2. The summed E-state index contributed by atoms with van der Waals surface area (Å²) in [6.45, 7) is 8.03. The Hall–Kier alpha value is -3.30. The average molecular weight is 560 g/mol. The first-order chi connectivity index (χ1) is 17.9. The van der Waals surface area contributed by atoms with Gasteiger partial charge in [-0.3, -0.25) is 9.59 Å². The third-order valence-corrected chi connectivity index (χ3v) is 6.75. The van der Waals surface area contributed by atoms with E-state index in [0.717, 1.165) is 23.9 Å². The molecule has 3 N–H and O–H groups in total. The van der Waals surface area contributed by atoms with Crippen LogP contribution in [0.15, 0.2) is 36.4 Å². The third-order valence-electron chi connectivity index (χ3n) is 6.20. The highest BCUT2D eigenvalue weighted by Gasteiger charge is 2.31. The number of H-pyrrole nitrogens is 1. The molecule has 1 aromatic heterocycles. The second-order valence-corrected chi connectivity index (χ2v) is 11.2. The van der Waals surface area contributed by atoms with E-state index >= 15 is 0 Å². The highest BCUT2D eigenvalue weighted by molar-refractivity contribution is 6.34. The second kappa shape index (κ2) is 11.2. The van der Waals surface area contributed by atoms with E-state index in [-0.39, 0.29) is 29.4 Å². The Labute approximate surface area is 231 Å². The van der Waals surface area contributed by atoms with Crippen molar-refractivity contribution in [2.24, 2.45) is 0 Å². The Balaban J connectivity index is 1.39. The Morgan fingerprint density at radius 2 is 1.95 bits per heavy atom. The molecular weight excluding hydrogens is 529 g/mol. The van der Waals surface area contributed by atoms with Gasteiger partial charge in [-0.1, -0.05) is 23.2 Å². The van der Waals surface area contributed by atoms with E-state index in [0.29, 0.717) is 28.5 Å². The van der Waals surface area contributed by atoms with Gasteiger partial charge in [0.1, 0.15) is 11.4 Å². The maximum absolute atomic E-state index is 13.3. The van der Waals surface area contributed by atoms with Gasteiger partial charge in [0, 0.05) is 29.7 Å². The first kappa shape index (κ1) is 27.7. The number of hydrogen-bond donors (Lipinski definition) is 3. The molecule has 4 rings (SSSR count). The van der Waals surface area contributed by atoms with Crippen molar-refractivity contribution in [3.8, 4) is 0 Å². The number of fused-ring (bicyclic) bond motifs is 1. The fraction of sp³-hybridized carbons (Fsp3) is 0.407.